The standard InChI is InChI=1S/C21H20N2O4/c1-2-27-21(24)17-11-6-10-15-13-8-5-9-14(13)19(22-20(15)17)16-7-3-4-12-18(16)23(25)26/h3-8,10-14,19,22H,2,9H2,1H3. The van der Waals surface area contributed by atoms with Gasteiger partial charge in [-0.2, -0.15) is 0 Å². The molecule has 3 unspecified atom stereocenters. The van der Waals surface area contributed by atoms with Crippen molar-refractivity contribution in [2.24, 2.45) is 5.92 Å². The van der Waals surface area contributed by atoms with Crippen molar-refractivity contribution in [1.82, 2.24) is 0 Å². The highest BCUT2D eigenvalue weighted by Crippen LogP contribution is 2.51. The van der Waals surface area contributed by atoms with Gasteiger partial charge in [-0.25, -0.2) is 4.79 Å². The highest BCUT2D eigenvalue weighted by Gasteiger charge is 2.41. The largest absolute Gasteiger partial charge is 0.462 e. The molecule has 2 aromatic rings. The third kappa shape index (κ3) is 2.87. The monoisotopic (exact) mass is 364 g/mol. The number of ether oxygens (including phenoxy) is 1. The molecule has 1 N–H and O–H groups in total. The number of allylic oxidation sites excluding steroid dienone is 2. The number of carbonyl (C=O) groups is 1. The van der Waals surface area contributed by atoms with E-state index in [1.807, 2.05) is 18.2 Å². The van der Waals surface area contributed by atoms with Crippen LogP contribution in [-0.2, 0) is 4.74 Å². The van der Waals surface area contributed by atoms with Crippen molar-refractivity contribution in [3.8, 4) is 0 Å². The summed E-state index contributed by atoms with van der Waals surface area (Å²) in [5.41, 5.74) is 2.96. The van der Waals surface area contributed by atoms with Crippen LogP contribution in [0.1, 0.15) is 46.8 Å². The number of hydrogen-bond donors (Lipinski definition) is 1. The minimum absolute atomic E-state index is 0.0951. The molecule has 0 aromatic heterocycles. The summed E-state index contributed by atoms with van der Waals surface area (Å²) in [5, 5.41) is 15.0. The Kier molecular flexibility index (Phi) is 4.39. The van der Waals surface area contributed by atoms with E-state index in [0.717, 1.165) is 12.0 Å². The van der Waals surface area contributed by atoms with E-state index in [0.29, 0.717) is 23.4 Å². The summed E-state index contributed by atoms with van der Waals surface area (Å²) in [7, 11) is 0. The molecule has 0 fully saturated rings. The lowest BCUT2D eigenvalue weighted by molar-refractivity contribution is -0.385. The summed E-state index contributed by atoms with van der Waals surface area (Å²) < 4.78 is 5.20. The van der Waals surface area contributed by atoms with Crippen LogP contribution in [0.5, 0.6) is 0 Å². The smallest absolute Gasteiger partial charge is 0.340 e. The van der Waals surface area contributed by atoms with Crippen LogP contribution in [0.15, 0.2) is 54.6 Å². The summed E-state index contributed by atoms with van der Waals surface area (Å²) in [5.74, 6) is -0.111. The molecule has 2 aliphatic rings. The lowest BCUT2D eigenvalue weighted by Gasteiger charge is -2.38. The molecule has 3 atom stereocenters. The molecule has 138 valence electrons. The van der Waals surface area contributed by atoms with Gasteiger partial charge in [0.15, 0.2) is 0 Å². The number of nitro groups is 1. The van der Waals surface area contributed by atoms with E-state index in [1.54, 1.807) is 25.1 Å². The summed E-state index contributed by atoms with van der Waals surface area (Å²) in [6, 6.07) is 12.2. The zero-order chi connectivity index (χ0) is 19.0. The first-order chi connectivity index (χ1) is 13.1. The van der Waals surface area contributed by atoms with Gasteiger partial charge < -0.3 is 10.1 Å². The number of nitrogens with one attached hydrogen (secondary N) is 1. The number of anilines is 1. The fraction of sp³-hybridized carbons (Fsp3) is 0.286. The second-order valence-corrected chi connectivity index (χ2v) is 6.78. The second kappa shape index (κ2) is 6.87. The van der Waals surface area contributed by atoms with E-state index >= 15 is 0 Å². The van der Waals surface area contributed by atoms with Crippen molar-refractivity contribution in [3.05, 3.63) is 81.4 Å². The van der Waals surface area contributed by atoms with Gasteiger partial charge in [0.2, 0.25) is 0 Å². The van der Waals surface area contributed by atoms with Crippen LogP contribution in [0, 0.1) is 16.0 Å². The highest BCUT2D eigenvalue weighted by atomic mass is 16.6. The number of para-hydroxylation sites is 2. The van der Waals surface area contributed by atoms with E-state index in [4.69, 9.17) is 4.74 Å². The first-order valence-electron chi connectivity index (χ1n) is 9.08. The summed E-state index contributed by atoms with van der Waals surface area (Å²) in [4.78, 5) is 23.6. The first kappa shape index (κ1) is 17.3. The molecule has 0 amide bonds. The Morgan fingerprint density at radius 3 is 2.78 bits per heavy atom. The lowest BCUT2D eigenvalue weighted by Crippen LogP contribution is -2.31. The van der Waals surface area contributed by atoms with E-state index < -0.39 is 0 Å². The Morgan fingerprint density at radius 1 is 1.22 bits per heavy atom. The average Bonchev–Trinajstić information content (AvgIpc) is 3.17. The van der Waals surface area contributed by atoms with Crippen molar-refractivity contribution in [2.45, 2.75) is 25.3 Å². The maximum Gasteiger partial charge on any atom is 0.340 e. The van der Waals surface area contributed by atoms with Gasteiger partial charge in [-0.1, -0.05) is 42.5 Å². The molecule has 1 heterocycles. The predicted octanol–water partition coefficient (Wildman–Crippen LogP) is 4.60. The number of nitrogens with zero attached hydrogens (tertiary/aromatic N) is 1. The number of esters is 1. The molecule has 1 aliphatic carbocycles. The fourth-order valence-corrected chi connectivity index (χ4v) is 4.23. The van der Waals surface area contributed by atoms with E-state index in [-0.39, 0.29) is 34.5 Å². The van der Waals surface area contributed by atoms with Crippen LogP contribution in [0.3, 0.4) is 0 Å². The molecule has 0 saturated carbocycles. The predicted molar refractivity (Wildman–Crippen MR) is 102 cm³/mol. The Hall–Kier alpha value is -3.15. The van der Waals surface area contributed by atoms with Gasteiger partial charge in [0.25, 0.3) is 5.69 Å². The summed E-state index contributed by atoms with van der Waals surface area (Å²) >= 11 is 0. The zero-order valence-corrected chi connectivity index (χ0v) is 14.9. The first-order valence-corrected chi connectivity index (χ1v) is 9.08. The van der Waals surface area contributed by atoms with Crippen LogP contribution in [0.4, 0.5) is 11.4 Å². The number of carbonyl (C=O) groups excluding carboxylic acids is 1. The number of fused-ring (bicyclic) bond motifs is 3. The van der Waals surface area contributed by atoms with Crippen molar-refractivity contribution in [1.29, 1.82) is 0 Å². The number of benzene rings is 2. The Bertz CT molecular complexity index is 938. The molecule has 0 saturated heterocycles. The fourth-order valence-electron chi connectivity index (χ4n) is 4.23. The topological polar surface area (TPSA) is 81.5 Å². The molecule has 6 heteroatoms. The third-order valence-corrected chi connectivity index (χ3v) is 5.36. The van der Waals surface area contributed by atoms with Gasteiger partial charge >= 0.3 is 5.97 Å². The van der Waals surface area contributed by atoms with Crippen LogP contribution in [0.25, 0.3) is 0 Å². The van der Waals surface area contributed by atoms with Crippen LogP contribution in [0.2, 0.25) is 0 Å². The second-order valence-electron chi connectivity index (χ2n) is 6.78. The quantitative estimate of drug-likeness (QED) is 0.371. The molecule has 4 rings (SSSR count). The van der Waals surface area contributed by atoms with Crippen LogP contribution >= 0.6 is 0 Å². The van der Waals surface area contributed by atoms with Crippen molar-refractivity contribution in [3.63, 3.8) is 0 Å². The summed E-state index contributed by atoms with van der Waals surface area (Å²) in [6.07, 6.45) is 5.09. The molecule has 27 heavy (non-hydrogen) atoms. The molecule has 6 nitrogen and oxygen atoms in total. The average molecular weight is 364 g/mol. The molecule has 1 aliphatic heterocycles. The normalized spacial score (nSPS) is 22.5. The minimum atomic E-state index is -0.386. The summed E-state index contributed by atoms with van der Waals surface area (Å²) in [6.45, 7) is 2.06. The van der Waals surface area contributed by atoms with Crippen molar-refractivity contribution >= 4 is 17.3 Å². The third-order valence-electron chi connectivity index (χ3n) is 5.36. The molecule has 2 aromatic carbocycles. The Balaban J connectivity index is 1.84. The van der Waals surface area contributed by atoms with Gasteiger partial charge in [0.05, 0.1) is 34.4 Å². The highest BCUT2D eigenvalue weighted by molar-refractivity contribution is 5.97. The van der Waals surface area contributed by atoms with E-state index in [2.05, 4.69) is 17.5 Å². The van der Waals surface area contributed by atoms with Gasteiger partial charge in [-0.05, 0) is 30.9 Å². The maximum atomic E-state index is 12.4. The van der Waals surface area contributed by atoms with Gasteiger partial charge in [-0.15, -0.1) is 0 Å². The molecule has 0 radical (unpaired) electrons. The lowest BCUT2D eigenvalue weighted by atomic mass is 9.76. The number of hydrogen-bond acceptors (Lipinski definition) is 5. The van der Waals surface area contributed by atoms with Crippen molar-refractivity contribution < 1.29 is 14.5 Å². The molecule has 0 spiro atoms. The number of nitro benzene ring substituents is 1. The zero-order valence-electron chi connectivity index (χ0n) is 14.9. The van der Waals surface area contributed by atoms with Crippen molar-refractivity contribution in [2.75, 3.05) is 11.9 Å². The SMILES string of the molecule is CCOC(=O)c1cccc2c1NC(c1ccccc1[N+](=O)[O-])C1CC=CC21. The molecular weight excluding hydrogens is 344 g/mol. The van der Waals surface area contributed by atoms with Crippen LogP contribution < -0.4 is 5.32 Å². The van der Waals surface area contributed by atoms with Gasteiger partial charge in [0, 0.05) is 12.0 Å². The minimum Gasteiger partial charge on any atom is -0.462 e. The van der Waals surface area contributed by atoms with E-state index in [9.17, 15) is 14.9 Å². The molecular formula is C21H20N2O4. The Labute approximate surface area is 157 Å². The molecule has 0 bridgehead atoms. The maximum absolute atomic E-state index is 12.4. The number of rotatable bonds is 4. The van der Waals surface area contributed by atoms with Crippen LogP contribution in [-0.4, -0.2) is 17.5 Å². The van der Waals surface area contributed by atoms with Gasteiger partial charge in [0.1, 0.15) is 0 Å². The van der Waals surface area contributed by atoms with E-state index in [1.165, 1.54) is 6.07 Å². The van der Waals surface area contributed by atoms with Gasteiger partial charge in [-0.3, -0.25) is 10.1 Å². The Morgan fingerprint density at radius 2 is 2.00 bits per heavy atom.